The van der Waals surface area contributed by atoms with E-state index in [1.165, 1.54) is 23.9 Å². The van der Waals surface area contributed by atoms with Crippen molar-refractivity contribution in [2.45, 2.75) is 42.8 Å². The van der Waals surface area contributed by atoms with Crippen molar-refractivity contribution in [3.05, 3.63) is 53.7 Å². The summed E-state index contributed by atoms with van der Waals surface area (Å²) in [5.74, 6) is -1.15. The second kappa shape index (κ2) is 6.54. The van der Waals surface area contributed by atoms with Gasteiger partial charge in [-0.2, -0.15) is 0 Å². The van der Waals surface area contributed by atoms with Gasteiger partial charge >= 0.3 is 0 Å². The minimum absolute atomic E-state index is 0.0150. The van der Waals surface area contributed by atoms with Crippen LogP contribution in [0.4, 0.5) is 8.78 Å². The molecule has 0 aliphatic carbocycles. The van der Waals surface area contributed by atoms with Crippen molar-refractivity contribution in [1.82, 2.24) is 10.3 Å². The number of hydrogen-bond acceptors (Lipinski definition) is 3. The standard InChI is InChI=1S/C16H18F2N2S/c1-16(2,3)20-10-11-5-4-8-19-15(11)21-14-7-6-12(17)9-13(14)18/h4-9,20H,10H2,1-3H3. The molecule has 0 spiro atoms. The number of aromatic nitrogens is 1. The second-order valence-corrected chi connectivity index (χ2v) is 6.78. The van der Waals surface area contributed by atoms with Crippen LogP contribution in [0, 0.1) is 11.6 Å². The first-order valence-electron chi connectivity index (χ1n) is 6.67. The zero-order chi connectivity index (χ0) is 15.5. The smallest absolute Gasteiger partial charge is 0.140 e. The molecule has 0 aliphatic heterocycles. The zero-order valence-corrected chi connectivity index (χ0v) is 13.1. The van der Waals surface area contributed by atoms with Crippen LogP contribution >= 0.6 is 11.8 Å². The molecule has 0 saturated heterocycles. The summed E-state index contributed by atoms with van der Waals surface area (Å²) in [5, 5.41) is 4.10. The molecule has 0 fully saturated rings. The molecule has 0 bridgehead atoms. The molecule has 0 atom stereocenters. The molecule has 0 aliphatic rings. The Morgan fingerprint density at radius 2 is 1.95 bits per heavy atom. The summed E-state index contributed by atoms with van der Waals surface area (Å²) in [4.78, 5) is 4.67. The highest BCUT2D eigenvalue weighted by atomic mass is 32.2. The number of benzene rings is 1. The lowest BCUT2D eigenvalue weighted by Crippen LogP contribution is -2.35. The van der Waals surface area contributed by atoms with E-state index in [0.717, 1.165) is 16.7 Å². The Morgan fingerprint density at radius 3 is 2.62 bits per heavy atom. The molecule has 1 aromatic heterocycles. The van der Waals surface area contributed by atoms with Gasteiger partial charge in [-0.25, -0.2) is 13.8 Å². The zero-order valence-electron chi connectivity index (χ0n) is 12.3. The molecule has 2 rings (SSSR count). The van der Waals surface area contributed by atoms with E-state index < -0.39 is 11.6 Å². The normalized spacial score (nSPS) is 11.7. The minimum atomic E-state index is -0.576. The summed E-state index contributed by atoms with van der Waals surface area (Å²) in [7, 11) is 0. The number of hydrogen-bond donors (Lipinski definition) is 1. The lowest BCUT2D eigenvalue weighted by molar-refractivity contribution is 0.422. The van der Waals surface area contributed by atoms with Crippen molar-refractivity contribution in [1.29, 1.82) is 0 Å². The molecule has 0 unspecified atom stereocenters. The van der Waals surface area contributed by atoms with Crippen molar-refractivity contribution in [3.8, 4) is 0 Å². The van der Waals surface area contributed by atoms with E-state index in [-0.39, 0.29) is 5.54 Å². The molecule has 0 saturated carbocycles. The second-order valence-electron chi connectivity index (χ2n) is 5.75. The fourth-order valence-electron chi connectivity index (χ4n) is 1.67. The van der Waals surface area contributed by atoms with Crippen LogP contribution in [-0.2, 0) is 6.54 Å². The highest BCUT2D eigenvalue weighted by Gasteiger charge is 2.13. The summed E-state index contributed by atoms with van der Waals surface area (Å²) >= 11 is 1.21. The topological polar surface area (TPSA) is 24.9 Å². The van der Waals surface area contributed by atoms with E-state index in [9.17, 15) is 8.78 Å². The summed E-state index contributed by atoms with van der Waals surface area (Å²) in [5.41, 5.74) is 0.972. The van der Waals surface area contributed by atoms with Gasteiger partial charge in [0.2, 0.25) is 0 Å². The third kappa shape index (κ3) is 4.79. The molecule has 1 heterocycles. The van der Waals surface area contributed by atoms with Crippen LogP contribution in [0.1, 0.15) is 26.3 Å². The molecular weight excluding hydrogens is 290 g/mol. The van der Waals surface area contributed by atoms with Gasteiger partial charge in [0.15, 0.2) is 0 Å². The third-order valence-electron chi connectivity index (χ3n) is 2.76. The number of halogens is 2. The molecule has 1 aromatic carbocycles. The first-order valence-corrected chi connectivity index (χ1v) is 7.48. The number of nitrogens with zero attached hydrogens (tertiary/aromatic N) is 1. The van der Waals surface area contributed by atoms with Gasteiger partial charge in [-0.05, 0) is 44.5 Å². The van der Waals surface area contributed by atoms with Crippen molar-refractivity contribution in [2.75, 3.05) is 0 Å². The van der Waals surface area contributed by atoms with E-state index in [1.54, 1.807) is 6.20 Å². The Balaban J connectivity index is 2.20. The molecule has 5 heteroatoms. The SMILES string of the molecule is CC(C)(C)NCc1cccnc1Sc1ccc(F)cc1F. The average molecular weight is 308 g/mol. The molecule has 21 heavy (non-hydrogen) atoms. The molecule has 0 radical (unpaired) electrons. The van der Waals surface area contributed by atoms with Crippen molar-refractivity contribution in [2.24, 2.45) is 0 Å². The predicted molar refractivity (Wildman–Crippen MR) is 81.3 cm³/mol. The van der Waals surface area contributed by atoms with E-state index >= 15 is 0 Å². The number of nitrogens with one attached hydrogen (secondary N) is 1. The van der Waals surface area contributed by atoms with Gasteiger partial charge in [-0.1, -0.05) is 17.8 Å². The molecule has 0 amide bonds. The Bertz CT molecular complexity index is 624. The summed E-state index contributed by atoms with van der Waals surface area (Å²) in [6.07, 6.45) is 1.67. The predicted octanol–water partition coefficient (Wildman–Crippen LogP) is 4.40. The van der Waals surface area contributed by atoms with Crippen molar-refractivity contribution in [3.63, 3.8) is 0 Å². The van der Waals surface area contributed by atoms with Gasteiger partial charge in [-0.15, -0.1) is 0 Å². The van der Waals surface area contributed by atoms with Gasteiger partial charge in [0.1, 0.15) is 16.7 Å². The first kappa shape index (κ1) is 15.9. The highest BCUT2D eigenvalue weighted by molar-refractivity contribution is 7.99. The van der Waals surface area contributed by atoms with Crippen LogP contribution in [-0.4, -0.2) is 10.5 Å². The van der Waals surface area contributed by atoms with E-state index in [2.05, 4.69) is 31.1 Å². The molecule has 112 valence electrons. The van der Waals surface area contributed by atoms with Gasteiger partial charge in [-0.3, -0.25) is 0 Å². The highest BCUT2D eigenvalue weighted by Crippen LogP contribution is 2.31. The summed E-state index contributed by atoms with van der Waals surface area (Å²) in [6, 6.07) is 7.38. The Labute approximate surface area is 128 Å². The molecular formula is C16H18F2N2S. The summed E-state index contributed by atoms with van der Waals surface area (Å²) in [6.45, 7) is 6.88. The van der Waals surface area contributed by atoms with Gasteiger partial charge < -0.3 is 5.32 Å². The van der Waals surface area contributed by atoms with Crippen LogP contribution in [0.15, 0.2) is 46.5 Å². The van der Waals surface area contributed by atoms with E-state index in [1.807, 2.05) is 12.1 Å². The monoisotopic (exact) mass is 308 g/mol. The van der Waals surface area contributed by atoms with E-state index in [4.69, 9.17) is 0 Å². The fraction of sp³-hybridized carbons (Fsp3) is 0.312. The van der Waals surface area contributed by atoms with Gasteiger partial charge in [0.25, 0.3) is 0 Å². The van der Waals surface area contributed by atoms with Crippen LogP contribution in [0.25, 0.3) is 0 Å². The van der Waals surface area contributed by atoms with E-state index in [0.29, 0.717) is 11.4 Å². The summed E-state index contributed by atoms with van der Waals surface area (Å²) < 4.78 is 26.7. The molecule has 2 aromatic rings. The Kier molecular flexibility index (Phi) is 4.96. The number of rotatable bonds is 4. The quantitative estimate of drug-likeness (QED) is 0.906. The van der Waals surface area contributed by atoms with Crippen LogP contribution in [0.3, 0.4) is 0 Å². The molecule has 2 nitrogen and oxygen atoms in total. The number of pyridine rings is 1. The van der Waals surface area contributed by atoms with Gasteiger partial charge in [0.05, 0.1) is 0 Å². The van der Waals surface area contributed by atoms with Gasteiger partial charge in [0, 0.05) is 29.2 Å². The lowest BCUT2D eigenvalue weighted by atomic mass is 10.1. The maximum atomic E-state index is 13.7. The van der Waals surface area contributed by atoms with Crippen molar-refractivity contribution >= 4 is 11.8 Å². The van der Waals surface area contributed by atoms with Crippen LogP contribution in [0.5, 0.6) is 0 Å². The average Bonchev–Trinajstić information content (AvgIpc) is 2.40. The Hall–Kier alpha value is -1.46. The lowest BCUT2D eigenvalue weighted by Gasteiger charge is -2.21. The van der Waals surface area contributed by atoms with Crippen LogP contribution < -0.4 is 5.32 Å². The fourth-order valence-corrected chi connectivity index (χ4v) is 2.56. The largest absolute Gasteiger partial charge is 0.308 e. The minimum Gasteiger partial charge on any atom is -0.308 e. The van der Waals surface area contributed by atoms with Crippen LogP contribution in [0.2, 0.25) is 0 Å². The first-order chi connectivity index (χ1) is 9.85. The maximum absolute atomic E-state index is 13.7. The third-order valence-corrected chi connectivity index (χ3v) is 3.87. The Morgan fingerprint density at radius 1 is 1.19 bits per heavy atom. The van der Waals surface area contributed by atoms with Crippen molar-refractivity contribution < 1.29 is 8.78 Å². The molecule has 1 N–H and O–H groups in total. The maximum Gasteiger partial charge on any atom is 0.140 e.